The van der Waals surface area contributed by atoms with Crippen molar-refractivity contribution in [2.24, 2.45) is 11.8 Å². The van der Waals surface area contributed by atoms with Crippen LogP contribution in [0.15, 0.2) is 28.8 Å². The fourth-order valence-electron chi connectivity index (χ4n) is 3.13. The lowest BCUT2D eigenvalue weighted by Gasteiger charge is -2.25. The standard InChI is InChI=1S/C16H22N4O/c1-11-6-14(11)15-3-2-13(21-15)9-17-7-12-8-18-16-4-5-19-20(16)10-12/h2-5,11-12,14,17-18H,6-10H2,1H3/t11-,12+,14-/m1/s1. The van der Waals surface area contributed by atoms with Gasteiger partial charge in [-0.1, -0.05) is 6.92 Å². The number of anilines is 1. The molecule has 1 aliphatic carbocycles. The van der Waals surface area contributed by atoms with E-state index in [-0.39, 0.29) is 0 Å². The predicted octanol–water partition coefficient (Wildman–Crippen LogP) is 2.43. The highest BCUT2D eigenvalue weighted by molar-refractivity contribution is 5.35. The van der Waals surface area contributed by atoms with Crippen molar-refractivity contribution < 1.29 is 4.42 Å². The second-order valence-corrected chi connectivity index (χ2v) is 6.40. The van der Waals surface area contributed by atoms with Gasteiger partial charge in [-0.25, -0.2) is 4.68 Å². The molecule has 5 nitrogen and oxygen atoms in total. The molecule has 0 aromatic carbocycles. The Morgan fingerprint density at radius 1 is 1.43 bits per heavy atom. The van der Waals surface area contributed by atoms with Gasteiger partial charge in [0.1, 0.15) is 17.3 Å². The van der Waals surface area contributed by atoms with Crippen molar-refractivity contribution in [1.29, 1.82) is 0 Å². The summed E-state index contributed by atoms with van der Waals surface area (Å²) < 4.78 is 7.95. The topological polar surface area (TPSA) is 55.0 Å². The molecule has 112 valence electrons. The molecule has 1 aliphatic heterocycles. The Labute approximate surface area is 124 Å². The maximum absolute atomic E-state index is 5.92. The Kier molecular flexibility index (Phi) is 3.22. The van der Waals surface area contributed by atoms with Crippen LogP contribution < -0.4 is 10.6 Å². The minimum absolute atomic E-state index is 0.565. The van der Waals surface area contributed by atoms with Crippen LogP contribution in [0, 0.1) is 11.8 Å². The summed E-state index contributed by atoms with van der Waals surface area (Å²) in [5.41, 5.74) is 0. The van der Waals surface area contributed by atoms with E-state index in [0.29, 0.717) is 11.8 Å². The van der Waals surface area contributed by atoms with Crippen molar-refractivity contribution in [2.75, 3.05) is 18.4 Å². The van der Waals surface area contributed by atoms with Crippen LogP contribution in [0.5, 0.6) is 0 Å². The molecule has 0 saturated heterocycles. The summed E-state index contributed by atoms with van der Waals surface area (Å²) in [7, 11) is 0. The smallest absolute Gasteiger partial charge is 0.124 e. The zero-order valence-corrected chi connectivity index (χ0v) is 12.4. The van der Waals surface area contributed by atoms with Crippen LogP contribution in [0.25, 0.3) is 0 Å². The average molecular weight is 286 g/mol. The van der Waals surface area contributed by atoms with Crippen molar-refractivity contribution >= 4 is 5.82 Å². The van der Waals surface area contributed by atoms with Gasteiger partial charge in [-0.05, 0) is 24.5 Å². The van der Waals surface area contributed by atoms with E-state index in [2.05, 4.69) is 34.8 Å². The summed E-state index contributed by atoms with van der Waals surface area (Å²) in [6.45, 7) is 6.05. The summed E-state index contributed by atoms with van der Waals surface area (Å²) >= 11 is 0. The van der Waals surface area contributed by atoms with Gasteiger partial charge in [-0.3, -0.25) is 0 Å². The van der Waals surface area contributed by atoms with Crippen molar-refractivity contribution in [2.45, 2.75) is 32.4 Å². The molecule has 0 radical (unpaired) electrons. The van der Waals surface area contributed by atoms with Gasteiger partial charge >= 0.3 is 0 Å². The highest BCUT2D eigenvalue weighted by Crippen LogP contribution is 2.47. The van der Waals surface area contributed by atoms with Crippen LogP contribution in [-0.2, 0) is 13.1 Å². The predicted molar refractivity (Wildman–Crippen MR) is 81.1 cm³/mol. The van der Waals surface area contributed by atoms with E-state index in [9.17, 15) is 0 Å². The molecule has 0 amide bonds. The van der Waals surface area contributed by atoms with E-state index in [4.69, 9.17) is 4.42 Å². The SMILES string of the molecule is C[C@@H]1C[C@H]1c1ccc(CNC[C@H]2CNc3ccnn3C2)o1. The Balaban J connectivity index is 1.25. The van der Waals surface area contributed by atoms with Crippen molar-refractivity contribution in [1.82, 2.24) is 15.1 Å². The van der Waals surface area contributed by atoms with Gasteiger partial charge in [0.25, 0.3) is 0 Å². The molecule has 3 heterocycles. The first-order valence-corrected chi connectivity index (χ1v) is 7.84. The lowest BCUT2D eigenvalue weighted by molar-refractivity contribution is 0.377. The Morgan fingerprint density at radius 3 is 3.19 bits per heavy atom. The molecular formula is C16H22N4O. The van der Waals surface area contributed by atoms with Crippen molar-refractivity contribution in [3.8, 4) is 0 Å². The van der Waals surface area contributed by atoms with Crippen LogP contribution in [0.2, 0.25) is 0 Å². The molecule has 0 spiro atoms. The lowest BCUT2D eigenvalue weighted by Crippen LogP contribution is -2.35. The molecule has 1 saturated carbocycles. The molecule has 5 heteroatoms. The Hall–Kier alpha value is -1.75. The highest BCUT2D eigenvalue weighted by atomic mass is 16.3. The summed E-state index contributed by atoms with van der Waals surface area (Å²) in [4.78, 5) is 0. The number of hydrogen-bond acceptors (Lipinski definition) is 4. The van der Waals surface area contributed by atoms with Gasteiger partial charge in [-0.15, -0.1) is 0 Å². The van der Waals surface area contributed by atoms with Gasteiger partial charge in [0, 0.05) is 37.5 Å². The number of rotatable bonds is 5. The second-order valence-electron chi connectivity index (χ2n) is 6.40. The largest absolute Gasteiger partial charge is 0.464 e. The third-order valence-corrected chi connectivity index (χ3v) is 4.61. The summed E-state index contributed by atoms with van der Waals surface area (Å²) in [6, 6.07) is 6.27. The molecule has 2 aromatic heterocycles. The normalized spacial score (nSPS) is 27.2. The molecule has 2 aromatic rings. The van der Waals surface area contributed by atoms with E-state index in [1.54, 1.807) is 0 Å². The number of nitrogens with zero attached hydrogens (tertiary/aromatic N) is 2. The third-order valence-electron chi connectivity index (χ3n) is 4.61. The summed E-state index contributed by atoms with van der Waals surface area (Å²) in [6.07, 6.45) is 3.13. The van der Waals surface area contributed by atoms with Gasteiger partial charge in [0.2, 0.25) is 0 Å². The molecule has 0 unspecified atom stereocenters. The zero-order chi connectivity index (χ0) is 14.2. The molecule has 2 N–H and O–H groups in total. The van der Waals surface area contributed by atoms with Gasteiger partial charge in [0.15, 0.2) is 0 Å². The molecule has 21 heavy (non-hydrogen) atoms. The fraction of sp³-hybridized carbons (Fsp3) is 0.562. The molecule has 0 bridgehead atoms. The number of furan rings is 1. The van der Waals surface area contributed by atoms with E-state index in [1.165, 1.54) is 12.2 Å². The van der Waals surface area contributed by atoms with Crippen molar-refractivity contribution in [3.05, 3.63) is 35.9 Å². The Bertz CT molecular complexity index is 617. The Morgan fingerprint density at radius 2 is 2.33 bits per heavy atom. The van der Waals surface area contributed by atoms with E-state index in [0.717, 1.165) is 43.7 Å². The highest BCUT2D eigenvalue weighted by Gasteiger charge is 2.36. The second kappa shape index (κ2) is 5.22. The van der Waals surface area contributed by atoms with Crippen molar-refractivity contribution in [3.63, 3.8) is 0 Å². The molecule has 1 fully saturated rings. The van der Waals surface area contributed by atoms with Crippen LogP contribution >= 0.6 is 0 Å². The lowest BCUT2D eigenvalue weighted by atomic mass is 10.1. The van der Waals surface area contributed by atoms with Gasteiger partial charge in [-0.2, -0.15) is 5.10 Å². The number of hydrogen-bond donors (Lipinski definition) is 2. The zero-order valence-electron chi connectivity index (χ0n) is 12.4. The first-order chi connectivity index (χ1) is 10.3. The minimum atomic E-state index is 0.565. The third kappa shape index (κ3) is 2.70. The number of aromatic nitrogens is 2. The maximum atomic E-state index is 5.92. The van der Waals surface area contributed by atoms with Crippen LogP contribution in [-0.4, -0.2) is 22.9 Å². The molecule has 2 aliphatic rings. The average Bonchev–Trinajstić information content (AvgIpc) is 2.93. The van der Waals surface area contributed by atoms with Gasteiger partial charge < -0.3 is 15.1 Å². The van der Waals surface area contributed by atoms with Crippen LogP contribution in [0.1, 0.15) is 30.8 Å². The summed E-state index contributed by atoms with van der Waals surface area (Å²) in [5.74, 6) is 5.37. The number of nitrogens with one attached hydrogen (secondary N) is 2. The molecule has 3 atom stereocenters. The quantitative estimate of drug-likeness (QED) is 0.886. The molecule has 4 rings (SSSR count). The van der Waals surface area contributed by atoms with Gasteiger partial charge in [0.05, 0.1) is 12.7 Å². The first kappa shape index (κ1) is 13.0. The number of fused-ring (bicyclic) bond motifs is 1. The summed E-state index contributed by atoms with van der Waals surface area (Å²) in [5, 5.41) is 11.2. The van der Waals surface area contributed by atoms with E-state index >= 15 is 0 Å². The van der Waals surface area contributed by atoms with E-state index in [1.807, 2.05) is 16.9 Å². The van der Waals surface area contributed by atoms with E-state index < -0.39 is 0 Å². The first-order valence-electron chi connectivity index (χ1n) is 7.84. The minimum Gasteiger partial charge on any atom is -0.464 e. The molecular weight excluding hydrogens is 264 g/mol. The maximum Gasteiger partial charge on any atom is 0.124 e. The fourth-order valence-corrected chi connectivity index (χ4v) is 3.13. The van der Waals surface area contributed by atoms with Crippen LogP contribution in [0.4, 0.5) is 5.82 Å². The monoisotopic (exact) mass is 286 g/mol. The van der Waals surface area contributed by atoms with Crippen LogP contribution in [0.3, 0.4) is 0 Å².